The van der Waals surface area contributed by atoms with E-state index in [9.17, 15) is 9.59 Å². The van der Waals surface area contributed by atoms with Crippen LogP contribution in [-0.4, -0.2) is 68.2 Å². The van der Waals surface area contributed by atoms with Crippen molar-refractivity contribution >= 4 is 17.7 Å². The Hall–Kier alpha value is -2.08. The molecule has 1 aromatic carbocycles. The van der Waals surface area contributed by atoms with Crippen LogP contribution in [0.2, 0.25) is 0 Å². The molecule has 1 saturated carbocycles. The number of anilines is 1. The van der Waals surface area contributed by atoms with Gasteiger partial charge < -0.3 is 14.5 Å². The fourth-order valence-electron chi connectivity index (χ4n) is 6.07. The van der Waals surface area contributed by atoms with Gasteiger partial charge in [0.05, 0.1) is 7.11 Å². The maximum atomic E-state index is 13.3. The molecule has 6 nitrogen and oxygen atoms in total. The fourth-order valence-corrected chi connectivity index (χ4v) is 6.07. The Balaban J connectivity index is 1.39. The van der Waals surface area contributed by atoms with E-state index in [0.29, 0.717) is 18.4 Å². The number of rotatable bonds is 5. The number of nitrogens with zero attached hydrogens (tertiary/aromatic N) is 3. The number of hydrogen-bond acceptors (Lipinski definition) is 4. The third-order valence-electron chi connectivity index (χ3n) is 7.84. The highest BCUT2D eigenvalue weighted by Crippen LogP contribution is 2.36. The minimum atomic E-state index is -0.117. The zero-order valence-corrected chi connectivity index (χ0v) is 20.2. The summed E-state index contributed by atoms with van der Waals surface area (Å²) in [7, 11) is 3.65. The lowest BCUT2D eigenvalue weighted by Crippen LogP contribution is -2.41. The molecule has 0 N–H and O–H groups in total. The molecule has 0 atom stereocenters. The molecule has 3 aliphatic rings. The first kappa shape index (κ1) is 23.1. The monoisotopic (exact) mass is 441 g/mol. The van der Waals surface area contributed by atoms with E-state index in [1.807, 2.05) is 4.90 Å². The smallest absolute Gasteiger partial charge is 0.324 e. The maximum Gasteiger partial charge on any atom is 0.324 e. The number of likely N-dealkylation sites (N-methyl/N-ethyl adjacent to an activating group) is 1. The van der Waals surface area contributed by atoms with Crippen molar-refractivity contribution in [3.05, 3.63) is 29.3 Å². The van der Waals surface area contributed by atoms with Gasteiger partial charge in [0.15, 0.2) is 0 Å². The summed E-state index contributed by atoms with van der Waals surface area (Å²) >= 11 is 0. The van der Waals surface area contributed by atoms with Gasteiger partial charge in [-0.2, -0.15) is 0 Å². The van der Waals surface area contributed by atoms with Gasteiger partial charge in [0, 0.05) is 49.7 Å². The van der Waals surface area contributed by atoms with Gasteiger partial charge in [-0.3, -0.25) is 9.69 Å². The predicted molar refractivity (Wildman–Crippen MR) is 127 cm³/mol. The molecule has 1 aliphatic carbocycles. The Labute approximate surface area is 192 Å². The molecule has 6 heteroatoms. The van der Waals surface area contributed by atoms with Crippen molar-refractivity contribution in [1.29, 1.82) is 0 Å². The molecule has 176 valence electrons. The van der Waals surface area contributed by atoms with Crippen LogP contribution in [-0.2, 0) is 21.4 Å². The molecule has 32 heavy (non-hydrogen) atoms. The van der Waals surface area contributed by atoms with Gasteiger partial charge in [0.2, 0.25) is 0 Å². The van der Waals surface area contributed by atoms with Crippen molar-refractivity contribution in [1.82, 2.24) is 9.80 Å². The van der Waals surface area contributed by atoms with Crippen molar-refractivity contribution in [2.24, 2.45) is 5.92 Å². The Bertz CT molecular complexity index is 845. The summed E-state index contributed by atoms with van der Waals surface area (Å²) in [6.07, 6.45) is 6.70. The minimum absolute atomic E-state index is 0.117. The van der Waals surface area contributed by atoms with Crippen LogP contribution in [0.15, 0.2) is 18.2 Å². The van der Waals surface area contributed by atoms with Crippen LogP contribution in [0.5, 0.6) is 0 Å². The van der Waals surface area contributed by atoms with Crippen LogP contribution in [0, 0.1) is 5.92 Å². The maximum absolute atomic E-state index is 13.3. The summed E-state index contributed by atoms with van der Waals surface area (Å²) in [6.45, 7) is 8.32. The van der Waals surface area contributed by atoms with E-state index in [0.717, 1.165) is 70.4 Å². The molecule has 1 saturated heterocycles. The van der Waals surface area contributed by atoms with Gasteiger partial charge in [0.1, 0.15) is 0 Å². The predicted octanol–water partition coefficient (Wildman–Crippen LogP) is 4.21. The number of fused-ring (bicyclic) bond motifs is 1. The first-order valence-corrected chi connectivity index (χ1v) is 12.3. The summed E-state index contributed by atoms with van der Waals surface area (Å²) in [6, 6.07) is 7.16. The Morgan fingerprint density at radius 1 is 1.12 bits per heavy atom. The van der Waals surface area contributed by atoms with Crippen molar-refractivity contribution in [3.63, 3.8) is 0 Å². The Morgan fingerprint density at radius 2 is 1.88 bits per heavy atom. The molecule has 0 unspecified atom stereocenters. The second-order valence-electron chi connectivity index (χ2n) is 10.6. The quantitative estimate of drug-likeness (QED) is 0.643. The molecule has 2 fully saturated rings. The normalized spacial score (nSPS) is 26.1. The molecule has 2 aliphatic heterocycles. The molecule has 0 aromatic heterocycles. The number of methoxy groups -OCH3 is 1. The first-order valence-electron chi connectivity index (χ1n) is 12.3. The van der Waals surface area contributed by atoms with E-state index < -0.39 is 0 Å². The lowest BCUT2D eigenvalue weighted by Gasteiger charge is -2.34. The van der Waals surface area contributed by atoms with Gasteiger partial charge in [0.25, 0.3) is 0 Å². The summed E-state index contributed by atoms with van der Waals surface area (Å²) in [5, 5.41) is 0. The number of ether oxygens (including phenoxy) is 1. The van der Waals surface area contributed by atoms with Crippen LogP contribution in [0.3, 0.4) is 0 Å². The number of urea groups is 1. The van der Waals surface area contributed by atoms with Gasteiger partial charge in [-0.15, -0.1) is 0 Å². The molecule has 1 aromatic rings. The zero-order valence-electron chi connectivity index (χ0n) is 20.2. The summed E-state index contributed by atoms with van der Waals surface area (Å²) in [5.74, 6) is 0.457. The Kier molecular flexibility index (Phi) is 6.80. The SMILES string of the molecule is COC(=O)CCC1CCC(N2CCN(c3ccc4c(c3)CCN(C)CC4(C)C)C2=O)CC1. The van der Waals surface area contributed by atoms with Crippen molar-refractivity contribution in [2.45, 2.75) is 70.3 Å². The highest BCUT2D eigenvalue weighted by Gasteiger charge is 2.37. The molecule has 0 radical (unpaired) electrons. The molecule has 0 spiro atoms. The van der Waals surface area contributed by atoms with Crippen molar-refractivity contribution in [2.75, 3.05) is 45.2 Å². The lowest BCUT2D eigenvalue weighted by atomic mass is 9.81. The van der Waals surface area contributed by atoms with Crippen molar-refractivity contribution < 1.29 is 14.3 Å². The van der Waals surface area contributed by atoms with Crippen LogP contribution < -0.4 is 4.90 Å². The van der Waals surface area contributed by atoms with Crippen molar-refractivity contribution in [3.8, 4) is 0 Å². The van der Waals surface area contributed by atoms with E-state index in [1.54, 1.807) is 0 Å². The highest BCUT2D eigenvalue weighted by molar-refractivity contribution is 5.94. The summed E-state index contributed by atoms with van der Waals surface area (Å²) in [5.41, 5.74) is 3.96. The lowest BCUT2D eigenvalue weighted by molar-refractivity contribution is -0.141. The molecular weight excluding hydrogens is 402 g/mol. The molecular formula is C26H39N3O3. The second kappa shape index (κ2) is 9.42. The van der Waals surface area contributed by atoms with E-state index in [4.69, 9.17) is 4.74 Å². The standard InChI is InChI=1S/C26H39N3O3/c1-26(2)18-27(3)14-13-20-17-22(10-11-23(20)26)29-16-15-28(25(29)31)21-8-5-19(6-9-21)7-12-24(30)32-4/h10-11,17,19,21H,5-9,12-16,18H2,1-4H3. The molecule has 4 rings (SSSR count). The van der Waals surface area contributed by atoms with Crippen LogP contribution >= 0.6 is 0 Å². The zero-order chi connectivity index (χ0) is 22.9. The number of carbonyl (C=O) groups excluding carboxylic acids is 2. The molecule has 2 heterocycles. The third-order valence-corrected chi connectivity index (χ3v) is 7.84. The van der Waals surface area contributed by atoms with Crippen LogP contribution in [0.25, 0.3) is 0 Å². The van der Waals surface area contributed by atoms with E-state index in [1.165, 1.54) is 18.2 Å². The second-order valence-corrected chi connectivity index (χ2v) is 10.6. The molecule has 2 amide bonds. The number of hydrogen-bond donors (Lipinski definition) is 0. The Morgan fingerprint density at radius 3 is 2.59 bits per heavy atom. The average molecular weight is 442 g/mol. The number of esters is 1. The number of benzene rings is 1. The first-order chi connectivity index (χ1) is 15.3. The minimum Gasteiger partial charge on any atom is -0.469 e. The van der Waals surface area contributed by atoms with E-state index in [-0.39, 0.29) is 17.4 Å². The van der Waals surface area contributed by atoms with Crippen LogP contribution in [0.4, 0.5) is 10.5 Å². The van der Waals surface area contributed by atoms with Gasteiger partial charge in [-0.25, -0.2) is 4.79 Å². The van der Waals surface area contributed by atoms with E-state index >= 15 is 0 Å². The summed E-state index contributed by atoms with van der Waals surface area (Å²) < 4.78 is 4.77. The van der Waals surface area contributed by atoms with Crippen LogP contribution in [0.1, 0.15) is 63.5 Å². The number of amides is 2. The van der Waals surface area contributed by atoms with Gasteiger partial charge in [-0.05, 0) is 74.8 Å². The average Bonchev–Trinajstić information content (AvgIpc) is 3.11. The van der Waals surface area contributed by atoms with E-state index in [2.05, 4.69) is 48.9 Å². The summed E-state index contributed by atoms with van der Waals surface area (Å²) in [4.78, 5) is 31.2. The van der Waals surface area contributed by atoms with Gasteiger partial charge >= 0.3 is 12.0 Å². The highest BCUT2D eigenvalue weighted by atomic mass is 16.5. The molecule has 0 bridgehead atoms. The third kappa shape index (κ3) is 4.80. The largest absolute Gasteiger partial charge is 0.469 e. The topological polar surface area (TPSA) is 53.1 Å². The number of carbonyl (C=O) groups is 2. The fraction of sp³-hybridized carbons (Fsp3) is 0.692. The van der Waals surface area contributed by atoms with Gasteiger partial charge in [-0.1, -0.05) is 19.9 Å².